The lowest BCUT2D eigenvalue weighted by Gasteiger charge is -2.16. The van der Waals surface area contributed by atoms with Gasteiger partial charge in [-0.2, -0.15) is 26.3 Å². The minimum absolute atomic E-state index is 0.0343. The van der Waals surface area contributed by atoms with Crippen molar-refractivity contribution < 1.29 is 26.3 Å². The van der Waals surface area contributed by atoms with E-state index in [0.29, 0.717) is 0 Å². The molecular formula is C16H13F6N. The monoisotopic (exact) mass is 333 g/mol. The van der Waals surface area contributed by atoms with Gasteiger partial charge in [-0.1, -0.05) is 30.3 Å². The average Bonchev–Trinajstić information content (AvgIpc) is 2.45. The summed E-state index contributed by atoms with van der Waals surface area (Å²) in [5.41, 5.74) is 3.35. The van der Waals surface area contributed by atoms with Crippen molar-refractivity contribution in [3.63, 3.8) is 0 Å². The van der Waals surface area contributed by atoms with E-state index in [1.807, 2.05) is 0 Å². The molecule has 0 fully saturated rings. The van der Waals surface area contributed by atoms with Gasteiger partial charge in [-0.05, 0) is 41.8 Å². The molecule has 0 bridgehead atoms. The van der Waals surface area contributed by atoms with Crippen LogP contribution in [0.15, 0.2) is 42.5 Å². The van der Waals surface area contributed by atoms with Crippen molar-refractivity contribution in [2.45, 2.75) is 18.8 Å². The van der Waals surface area contributed by atoms with Gasteiger partial charge in [0.05, 0.1) is 11.1 Å². The topological polar surface area (TPSA) is 26.0 Å². The van der Waals surface area contributed by atoms with E-state index in [2.05, 4.69) is 0 Å². The lowest BCUT2D eigenvalue weighted by atomic mass is 9.94. The lowest BCUT2D eigenvalue weighted by Crippen LogP contribution is -2.13. The zero-order valence-electron chi connectivity index (χ0n) is 11.8. The molecule has 0 aliphatic carbocycles. The second-order valence-electron chi connectivity index (χ2n) is 4.95. The third-order valence-corrected chi connectivity index (χ3v) is 3.37. The first-order valence-corrected chi connectivity index (χ1v) is 6.71. The molecule has 124 valence electrons. The smallest absolute Gasteiger partial charge is 0.330 e. The molecule has 0 spiro atoms. The molecule has 23 heavy (non-hydrogen) atoms. The highest BCUT2D eigenvalue weighted by Crippen LogP contribution is 2.39. The molecule has 7 heteroatoms. The van der Waals surface area contributed by atoms with Gasteiger partial charge in [0.1, 0.15) is 0 Å². The molecule has 0 radical (unpaired) electrons. The minimum Gasteiger partial charge on any atom is -0.330 e. The third kappa shape index (κ3) is 3.85. The Kier molecular flexibility index (Phi) is 4.70. The van der Waals surface area contributed by atoms with Crippen molar-refractivity contribution in [3.05, 3.63) is 59.2 Å². The first-order valence-electron chi connectivity index (χ1n) is 6.71. The van der Waals surface area contributed by atoms with Gasteiger partial charge in [0.2, 0.25) is 0 Å². The highest BCUT2D eigenvalue weighted by atomic mass is 19.4. The summed E-state index contributed by atoms with van der Waals surface area (Å²) in [4.78, 5) is 0. The van der Waals surface area contributed by atoms with Crippen LogP contribution in [0.5, 0.6) is 0 Å². The number of alkyl halides is 6. The second-order valence-corrected chi connectivity index (χ2v) is 4.95. The summed E-state index contributed by atoms with van der Waals surface area (Å²) in [6.45, 7) is -0.0343. The second kappa shape index (κ2) is 6.23. The van der Waals surface area contributed by atoms with Crippen molar-refractivity contribution in [1.29, 1.82) is 0 Å². The molecule has 2 rings (SSSR count). The Hall–Kier alpha value is -2.02. The number of hydrogen-bond donors (Lipinski definition) is 1. The molecule has 2 aromatic rings. The molecule has 2 aromatic carbocycles. The van der Waals surface area contributed by atoms with E-state index >= 15 is 0 Å². The van der Waals surface area contributed by atoms with Crippen LogP contribution in [0.25, 0.3) is 11.1 Å². The lowest BCUT2D eigenvalue weighted by molar-refractivity contribution is -0.138. The molecule has 2 N–H and O–H groups in total. The van der Waals surface area contributed by atoms with Gasteiger partial charge < -0.3 is 5.73 Å². The summed E-state index contributed by atoms with van der Waals surface area (Å²) in [5.74, 6) is 0. The molecule has 0 saturated carbocycles. The van der Waals surface area contributed by atoms with Crippen LogP contribution in [0, 0.1) is 0 Å². The van der Waals surface area contributed by atoms with E-state index in [-0.39, 0.29) is 29.7 Å². The fourth-order valence-electron chi connectivity index (χ4n) is 2.38. The SMILES string of the molecule is NCCc1cc(-c2ccccc2C(F)(F)F)ccc1C(F)(F)F. The fraction of sp³-hybridized carbons (Fsp3) is 0.250. The van der Waals surface area contributed by atoms with Crippen molar-refractivity contribution >= 4 is 0 Å². The highest BCUT2D eigenvalue weighted by molar-refractivity contribution is 5.69. The zero-order valence-corrected chi connectivity index (χ0v) is 11.8. The van der Waals surface area contributed by atoms with E-state index in [1.165, 1.54) is 18.2 Å². The van der Waals surface area contributed by atoms with Crippen molar-refractivity contribution in [2.24, 2.45) is 5.73 Å². The molecule has 0 amide bonds. The normalized spacial score (nSPS) is 12.5. The maximum atomic E-state index is 13.1. The van der Waals surface area contributed by atoms with Crippen LogP contribution >= 0.6 is 0 Å². The number of nitrogens with two attached hydrogens (primary N) is 1. The van der Waals surface area contributed by atoms with Gasteiger partial charge in [-0.15, -0.1) is 0 Å². The first-order chi connectivity index (χ1) is 10.6. The summed E-state index contributed by atoms with van der Waals surface area (Å²) in [6, 6.07) is 7.75. The van der Waals surface area contributed by atoms with Gasteiger partial charge in [-0.25, -0.2) is 0 Å². The minimum atomic E-state index is -4.59. The molecular weight excluding hydrogens is 320 g/mol. The van der Waals surface area contributed by atoms with Crippen molar-refractivity contribution in [1.82, 2.24) is 0 Å². The predicted molar refractivity (Wildman–Crippen MR) is 74.6 cm³/mol. The Morgan fingerprint density at radius 1 is 0.783 bits per heavy atom. The third-order valence-electron chi connectivity index (χ3n) is 3.37. The van der Waals surface area contributed by atoms with Crippen LogP contribution in [0.1, 0.15) is 16.7 Å². The van der Waals surface area contributed by atoms with Gasteiger partial charge in [0, 0.05) is 0 Å². The molecule has 0 unspecified atom stereocenters. The maximum Gasteiger partial charge on any atom is 0.417 e. The van der Waals surface area contributed by atoms with Gasteiger partial charge in [-0.3, -0.25) is 0 Å². The summed E-state index contributed by atoms with van der Waals surface area (Å²) in [7, 11) is 0. The molecule has 0 aliphatic heterocycles. The average molecular weight is 333 g/mol. The summed E-state index contributed by atoms with van der Waals surface area (Å²) in [5, 5.41) is 0. The largest absolute Gasteiger partial charge is 0.417 e. The molecule has 0 atom stereocenters. The summed E-state index contributed by atoms with van der Waals surface area (Å²) >= 11 is 0. The van der Waals surface area contributed by atoms with Gasteiger partial charge in [0.25, 0.3) is 0 Å². The summed E-state index contributed by atoms with van der Waals surface area (Å²) in [6.07, 6.45) is -9.24. The van der Waals surface area contributed by atoms with E-state index in [1.54, 1.807) is 0 Å². The Bertz CT molecular complexity index is 688. The van der Waals surface area contributed by atoms with Crippen LogP contribution in [-0.2, 0) is 18.8 Å². The van der Waals surface area contributed by atoms with Crippen molar-refractivity contribution in [3.8, 4) is 11.1 Å². The summed E-state index contributed by atoms with van der Waals surface area (Å²) < 4.78 is 78.0. The molecule has 0 aliphatic rings. The van der Waals surface area contributed by atoms with Crippen LogP contribution in [0.4, 0.5) is 26.3 Å². The van der Waals surface area contributed by atoms with Crippen LogP contribution in [0.2, 0.25) is 0 Å². The standard InChI is InChI=1S/C16H13F6N/c17-15(18,19)13-6-5-10(9-11(13)7-8-23)12-3-1-2-4-14(12)16(20,21)22/h1-6,9H,7-8,23H2. The Balaban J connectivity index is 2.61. The van der Waals surface area contributed by atoms with Crippen molar-refractivity contribution in [2.75, 3.05) is 6.54 Å². The molecule has 1 nitrogen and oxygen atoms in total. The van der Waals surface area contributed by atoms with Crippen LogP contribution < -0.4 is 5.73 Å². The van der Waals surface area contributed by atoms with E-state index in [4.69, 9.17) is 5.73 Å². The fourth-order valence-corrected chi connectivity index (χ4v) is 2.38. The van der Waals surface area contributed by atoms with E-state index in [0.717, 1.165) is 24.3 Å². The Morgan fingerprint density at radius 3 is 1.96 bits per heavy atom. The van der Waals surface area contributed by atoms with Gasteiger partial charge in [0.15, 0.2) is 0 Å². The highest BCUT2D eigenvalue weighted by Gasteiger charge is 2.35. The molecule has 0 heterocycles. The van der Waals surface area contributed by atoms with Gasteiger partial charge >= 0.3 is 12.4 Å². The molecule has 0 aromatic heterocycles. The van der Waals surface area contributed by atoms with Crippen LogP contribution in [0.3, 0.4) is 0 Å². The predicted octanol–water partition coefficient (Wildman–Crippen LogP) is 4.89. The Labute approximate surface area is 128 Å². The molecule has 0 saturated heterocycles. The number of hydrogen-bond acceptors (Lipinski definition) is 1. The number of benzene rings is 2. The van der Waals surface area contributed by atoms with Crippen LogP contribution in [-0.4, -0.2) is 6.54 Å². The zero-order chi connectivity index (χ0) is 17.3. The Morgan fingerprint density at radius 2 is 1.39 bits per heavy atom. The number of halogens is 6. The number of rotatable bonds is 3. The quantitative estimate of drug-likeness (QED) is 0.795. The van der Waals surface area contributed by atoms with E-state index in [9.17, 15) is 26.3 Å². The first kappa shape index (κ1) is 17.3. The maximum absolute atomic E-state index is 13.1. The van der Waals surface area contributed by atoms with E-state index < -0.39 is 23.5 Å².